The van der Waals surface area contributed by atoms with Gasteiger partial charge in [-0.2, -0.15) is 0 Å². The van der Waals surface area contributed by atoms with Crippen LogP contribution in [0.5, 0.6) is 0 Å². The van der Waals surface area contributed by atoms with Crippen LogP contribution in [0.2, 0.25) is 0 Å². The van der Waals surface area contributed by atoms with Crippen LogP contribution in [0.4, 0.5) is 0 Å². The van der Waals surface area contributed by atoms with Crippen molar-refractivity contribution >= 4 is 17.3 Å². The normalized spacial score (nSPS) is 20.9. The Kier molecular flexibility index (Phi) is 3.23. The van der Waals surface area contributed by atoms with Gasteiger partial charge in [0.25, 0.3) is 0 Å². The van der Waals surface area contributed by atoms with Crippen molar-refractivity contribution in [3.05, 3.63) is 16.1 Å². The quantitative estimate of drug-likeness (QED) is 0.861. The number of aromatic nitrogens is 1. The minimum Gasteiger partial charge on any atom is -0.476 e. The SMILES string of the molecule is CC1(C)C(CNCc2csc(C(=O)O)n2)C1(C)C. The molecule has 0 radical (unpaired) electrons. The third kappa shape index (κ3) is 2.17. The summed E-state index contributed by atoms with van der Waals surface area (Å²) in [6.45, 7) is 10.8. The fourth-order valence-corrected chi connectivity index (χ4v) is 3.33. The molecule has 4 nitrogen and oxygen atoms in total. The molecule has 0 aromatic carbocycles. The molecule has 0 unspecified atom stereocenters. The standard InChI is InChI=1S/C13H20N2O2S/c1-12(2)9(13(12,3)4)6-14-5-8-7-18-10(15-8)11(16)17/h7,9,14H,5-6H2,1-4H3,(H,16,17). The second-order valence-corrected chi connectivity index (χ2v) is 6.93. The molecule has 1 heterocycles. The molecular weight excluding hydrogens is 248 g/mol. The zero-order valence-electron chi connectivity index (χ0n) is 11.3. The molecule has 0 bridgehead atoms. The lowest BCUT2D eigenvalue weighted by Gasteiger charge is -2.04. The van der Waals surface area contributed by atoms with Crippen molar-refractivity contribution in [2.24, 2.45) is 16.7 Å². The second kappa shape index (κ2) is 4.31. The van der Waals surface area contributed by atoms with Crippen LogP contribution in [0.25, 0.3) is 0 Å². The summed E-state index contributed by atoms with van der Waals surface area (Å²) in [6.07, 6.45) is 0. The van der Waals surface area contributed by atoms with Crippen molar-refractivity contribution in [2.75, 3.05) is 6.54 Å². The van der Waals surface area contributed by atoms with E-state index in [4.69, 9.17) is 5.11 Å². The predicted molar refractivity (Wildman–Crippen MR) is 71.8 cm³/mol. The number of hydrogen-bond donors (Lipinski definition) is 2. The Morgan fingerprint density at radius 2 is 2.06 bits per heavy atom. The van der Waals surface area contributed by atoms with Gasteiger partial charge < -0.3 is 10.4 Å². The van der Waals surface area contributed by atoms with Gasteiger partial charge in [0.05, 0.1) is 5.69 Å². The molecule has 2 N–H and O–H groups in total. The van der Waals surface area contributed by atoms with Crippen LogP contribution < -0.4 is 5.32 Å². The molecule has 0 saturated heterocycles. The van der Waals surface area contributed by atoms with Gasteiger partial charge >= 0.3 is 5.97 Å². The van der Waals surface area contributed by atoms with Crippen molar-refractivity contribution in [1.82, 2.24) is 10.3 Å². The Hall–Kier alpha value is -0.940. The van der Waals surface area contributed by atoms with E-state index in [0.29, 0.717) is 23.3 Å². The van der Waals surface area contributed by atoms with Gasteiger partial charge in [0.2, 0.25) is 5.01 Å². The summed E-state index contributed by atoms with van der Waals surface area (Å²) in [5, 5.41) is 14.1. The minimum absolute atomic E-state index is 0.166. The Balaban J connectivity index is 1.81. The topological polar surface area (TPSA) is 62.2 Å². The van der Waals surface area contributed by atoms with Crippen LogP contribution in [-0.4, -0.2) is 22.6 Å². The highest BCUT2D eigenvalue weighted by Gasteiger charge is 2.63. The molecule has 100 valence electrons. The van der Waals surface area contributed by atoms with Gasteiger partial charge in [0.1, 0.15) is 0 Å². The largest absolute Gasteiger partial charge is 0.476 e. The van der Waals surface area contributed by atoms with E-state index in [1.807, 2.05) is 0 Å². The van der Waals surface area contributed by atoms with Crippen LogP contribution >= 0.6 is 11.3 Å². The lowest BCUT2D eigenvalue weighted by molar-refractivity contribution is 0.0696. The molecule has 1 aromatic heterocycles. The molecule has 0 atom stereocenters. The highest BCUT2D eigenvalue weighted by Crippen LogP contribution is 2.67. The van der Waals surface area contributed by atoms with Crippen LogP contribution in [-0.2, 0) is 6.54 Å². The zero-order valence-corrected chi connectivity index (χ0v) is 12.1. The number of aromatic carboxylic acids is 1. The van der Waals surface area contributed by atoms with E-state index < -0.39 is 5.97 Å². The summed E-state index contributed by atoms with van der Waals surface area (Å²) in [6, 6.07) is 0. The molecule has 2 rings (SSSR count). The lowest BCUT2D eigenvalue weighted by atomic mass is 10.0. The lowest BCUT2D eigenvalue weighted by Crippen LogP contribution is -2.19. The Morgan fingerprint density at radius 3 is 2.50 bits per heavy atom. The molecule has 18 heavy (non-hydrogen) atoms. The molecule has 0 aliphatic heterocycles. The summed E-state index contributed by atoms with van der Waals surface area (Å²) in [5.41, 5.74) is 1.58. The molecule has 1 aromatic rings. The summed E-state index contributed by atoms with van der Waals surface area (Å²) < 4.78 is 0. The number of nitrogens with zero attached hydrogens (tertiary/aromatic N) is 1. The van der Waals surface area contributed by atoms with E-state index in [0.717, 1.165) is 12.2 Å². The molecule has 1 aliphatic carbocycles. The fourth-order valence-electron chi connectivity index (χ4n) is 2.67. The summed E-state index contributed by atoms with van der Waals surface area (Å²) in [4.78, 5) is 14.8. The highest BCUT2D eigenvalue weighted by atomic mass is 32.1. The number of thiazole rings is 1. The van der Waals surface area contributed by atoms with Gasteiger partial charge in [0.15, 0.2) is 0 Å². The minimum atomic E-state index is -0.948. The summed E-state index contributed by atoms with van der Waals surface area (Å²) >= 11 is 1.18. The third-order valence-electron chi connectivity index (χ3n) is 4.71. The molecule has 1 aliphatic rings. The van der Waals surface area contributed by atoms with Crippen molar-refractivity contribution in [3.63, 3.8) is 0 Å². The number of carboxylic acid groups (broad SMARTS) is 1. The van der Waals surface area contributed by atoms with E-state index in [1.54, 1.807) is 5.38 Å². The van der Waals surface area contributed by atoms with Crippen molar-refractivity contribution in [1.29, 1.82) is 0 Å². The maximum Gasteiger partial charge on any atom is 0.365 e. The number of rotatable bonds is 5. The maximum absolute atomic E-state index is 10.7. The first-order valence-corrected chi connectivity index (χ1v) is 7.03. The van der Waals surface area contributed by atoms with Gasteiger partial charge in [0, 0.05) is 11.9 Å². The zero-order chi connectivity index (χ0) is 13.6. The second-order valence-electron chi connectivity index (χ2n) is 6.08. The molecule has 1 saturated carbocycles. The van der Waals surface area contributed by atoms with E-state index >= 15 is 0 Å². The summed E-state index contributed by atoms with van der Waals surface area (Å²) in [5.74, 6) is -0.279. The maximum atomic E-state index is 10.7. The Bertz CT molecular complexity index is 451. The van der Waals surface area contributed by atoms with Crippen molar-refractivity contribution in [3.8, 4) is 0 Å². The van der Waals surface area contributed by atoms with Crippen LogP contribution in [0.1, 0.15) is 43.2 Å². The summed E-state index contributed by atoms with van der Waals surface area (Å²) in [7, 11) is 0. The Morgan fingerprint density at radius 1 is 1.44 bits per heavy atom. The first-order valence-electron chi connectivity index (χ1n) is 6.15. The first kappa shape index (κ1) is 13.5. The smallest absolute Gasteiger partial charge is 0.365 e. The predicted octanol–water partition coefficient (Wildman–Crippen LogP) is 2.61. The van der Waals surface area contributed by atoms with Gasteiger partial charge in [-0.1, -0.05) is 27.7 Å². The van der Waals surface area contributed by atoms with Crippen LogP contribution in [0.3, 0.4) is 0 Å². The molecule has 0 amide bonds. The van der Waals surface area contributed by atoms with Gasteiger partial charge in [-0.15, -0.1) is 11.3 Å². The fraction of sp³-hybridized carbons (Fsp3) is 0.692. The Labute approximate surface area is 111 Å². The van der Waals surface area contributed by atoms with Crippen molar-refractivity contribution in [2.45, 2.75) is 34.2 Å². The number of carbonyl (C=O) groups is 1. The highest BCUT2D eigenvalue weighted by molar-refractivity contribution is 7.11. The van der Waals surface area contributed by atoms with E-state index in [9.17, 15) is 4.79 Å². The van der Waals surface area contributed by atoms with Gasteiger partial charge in [-0.3, -0.25) is 0 Å². The van der Waals surface area contributed by atoms with Gasteiger partial charge in [-0.25, -0.2) is 9.78 Å². The number of hydrogen-bond acceptors (Lipinski definition) is 4. The van der Waals surface area contributed by atoms with Crippen molar-refractivity contribution < 1.29 is 9.90 Å². The number of nitrogens with one attached hydrogen (secondary N) is 1. The van der Waals surface area contributed by atoms with E-state index in [2.05, 4.69) is 38.0 Å². The molecule has 0 spiro atoms. The first-order chi connectivity index (χ1) is 8.26. The van der Waals surface area contributed by atoms with E-state index in [1.165, 1.54) is 11.3 Å². The van der Waals surface area contributed by atoms with E-state index in [-0.39, 0.29) is 5.01 Å². The monoisotopic (exact) mass is 268 g/mol. The average molecular weight is 268 g/mol. The van der Waals surface area contributed by atoms with Gasteiger partial charge in [-0.05, 0) is 23.3 Å². The molecular formula is C13H20N2O2S. The molecule has 5 heteroatoms. The van der Waals surface area contributed by atoms with Crippen LogP contribution in [0.15, 0.2) is 5.38 Å². The molecule has 1 fully saturated rings. The average Bonchev–Trinajstić information content (AvgIpc) is 2.67. The third-order valence-corrected chi connectivity index (χ3v) is 5.59. The number of carboxylic acids is 1. The van der Waals surface area contributed by atoms with Crippen LogP contribution in [0, 0.1) is 16.7 Å².